The van der Waals surface area contributed by atoms with Crippen molar-refractivity contribution in [3.05, 3.63) is 41.2 Å². The molecule has 214 valence electrons. The van der Waals surface area contributed by atoms with E-state index < -0.39 is 11.7 Å². The first-order valence-corrected chi connectivity index (χ1v) is 12.9. The zero-order valence-corrected chi connectivity index (χ0v) is 23.3. The topological polar surface area (TPSA) is 115 Å². The molecule has 0 aliphatic heterocycles. The van der Waals surface area contributed by atoms with E-state index in [1.54, 1.807) is 0 Å². The summed E-state index contributed by atoms with van der Waals surface area (Å²) in [6.45, 7) is 13.6. The Hall–Kier alpha value is -3.41. The molecule has 0 spiro atoms. The molecule has 39 heavy (non-hydrogen) atoms. The summed E-state index contributed by atoms with van der Waals surface area (Å²) in [4.78, 5) is 17.2. The predicted octanol–water partition coefficient (Wildman–Crippen LogP) is 5.46. The van der Waals surface area contributed by atoms with Crippen molar-refractivity contribution in [2.75, 3.05) is 30.5 Å². The molecule has 2 aromatic rings. The minimum absolute atomic E-state index is 0.000505. The molecule has 1 heterocycles. The molecule has 1 fully saturated rings. The maximum Gasteiger partial charge on any atom is 0.416 e. The van der Waals surface area contributed by atoms with Crippen LogP contribution in [0.5, 0.6) is 0 Å². The Balaban J connectivity index is 2.10. The second-order valence-corrected chi connectivity index (χ2v) is 11.4. The average Bonchev–Trinajstić information content (AvgIpc) is 2.80. The van der Waals surface area contributed by atoms with Gasteiger partial charge in [0.2, 0.25) is 11.7 Å². The van der Waals surface area contributed by atoms with Crippen molar-refractivity contribution >= 4 is 29.9 Å². The molecule has 1 aliphatic carbocycles. The zero-order valence-electron chi connectivity index (χ0n) is 23.3. The molecule has 3 rings (SSSR count). The summed E-state index contributed by atoms with van der Waals surface area (Å²) >= 11 is 0. The number of aliphatic imine (C=N–C) groups is 1. The van der Waals surface area contributed by atoms with Crippen LogP contribution in [0.1, 0.15) is 63.9 Å². The highest BCUT2D eigenvalue weighted by Crippen LogP contribution is 2.38. The van der Waals surface area contributed by atoms with Gasteiger partial charge in [-0.05, 0) is 62.6 Å². The standard InChI is InChI=1S/C27H39F3N8O/c1-17(19-8-7-9-19)33-24-21(23(32-5)34-25(35-24)22(31)36-39)38(16-37(6)15-26(2,3)4)14-18-10-12-20(13-11-18)27(28,29)30/h10-13,17,19,39H,5,7-9,14-16H2,1-4,6H3,(H2,31,36)(H,33,34,35)/t17-/m1/s1. The monoisotopic (exact) mass is 548 g/mol. The fourth-order valence-electron chi connectivity index (χ4n) is 4.75. The SMILES string of the molecule is C=Nc1nc(/C(N)=N/O)nc(N[C@H](C)C2CCC2)c1N(Cc1ccc(C(F)(F)F)cc1)CN(C)CC(C)(C)C. The van der Waals surface area contributed by atoms with Crippen molar-refractivity contribution in [2.45, 2.75) is 65.7 Å². The molecule has 1 aliphatic rings. The van der Waals surface area contributed by atoms with E-state index in [2.05, 4.69) is 64.7 Å². The lowest BCUT2D eigenvalue weighted by Crippen LogP contribution is -2.40. The highest BCUT2D eigenvalue weighted by molar-refractivity contribution is 5.95. The number of oxime groups is 1. The molecular formula is C27H39F3N8O. The Kier molecular flexibility index (Phi) is 9.42. The first-order valence-electron chi connectivity index (χ1n) is 12.9. The summed E-state index contributed by atoms with van der Waals surface area (Å²) in [5.74, 6) is 0.831. The lowest BCUT2D eigenvalue weighted by atomic mass is 9.80. The van der Waals surface area contributed by atoms with Gasteiger partial charge in [-0.3, -0.25) is 4.90 Å². The Morgan fingerprint density at radius 2 is 1.85 bits per heavy atom. The quantitative estimate of drug-likeness (QED) is 0.112. The third-order valence-electron chi connectivity index (χ3n) is 6.70. The van der Waals surface area contributed by atoms with Crippen LogP contribution < -0.4 is 16.0 Å². The third-order valence-corrected chi connectivity index (χ3v) is 6.70. The lowest BCUT2D eigenvalue weighted by Gasteiger charge is -2.36. The Bertz CT molecular complexity index is 1160. The van der Waals surface area contributed by atoms with Crippen LogP contribution in [-0.4, -0.2) is 58.9 Å². The first-order chi connectivity index (χ1) is 18.2. The molecular weight excluding hydrogens is 509 g/mol. The van der Waals surface area contributed by atoms with Gasteiger partial charge in [-0.15, -0.1) is 0 Å². The number of amidine groups is 1. The molecule has 1 atom stereocenters. The maximum atomic E-state index is 13.2. The number of nitrogens with two attached hydrogens (primary N) is 1. The second kappa shape index (κ2) is 12.2. The van der Waals surface area contributed by atoms with Crippen molar-refractivity contribution in [2.24, 2.45) is 27.2 Å². The fourth-order valence-corrected chi connectivity index (χ4v) is 4.75. The van der Waals surface area contributed by atoms with E-state index in [4.69, 9.17) is 5.73 Å². The average molecular weight is 549 g/mol. The van der Waals surface area contributed by atoms with Crippen molar-refractivity contribution in [3.8, 4) is 0 Å². The number of anilines is 2. The summed E-state index contributed by atoms with van der Waals surface area (Å²) in [6.07, 6.45) is -1.06. The predicted molar refractivity (Wildman–Crippen MR) is 149 cm³/mol. The maximum absolute atomic E-state index is 13.2. The van der Waals surface area contributed by atoms with Crippen LogP contribution in [0.25, 0.3) is 0 Å². The van der Waals surface area contributed by atoms with E-state index in [1.165, 1.54) is 18.6 Å². The summed E-state index contributed by atoms with van der Waals surface area (Å²) in [5, 5.41) is 15.8. The van der Waals surface area contributed by atoms with E-state index in [-0.39, 0.29) is 35.5 Å². The summed E-state index contributed by atoms with van der Waals surface area (Å²) in [7, 11) is 1.97. The van der Waals surface area contributed by atoms with E-state index in [0.29, 0.717) is 29.7 Å². The highest BCUT2D eigenvalue weighted by Gasteiger charge is 2.31. The van der Waals surface area contributed by atoms with Crippen LogP contribution in [0.3, 0.4) is 0 Å². The molecule has 0 bridgehead atoms. The fraction of sp³-hybridized carbons (Fsp3) is 0.556. The van der Waals surface area contributed by atoms with Crippen molar-refractivity contribution in [1.29, 1.82) is 0 Å². The molecule has 1 aromatic carbocycles. The molecule has 0 unspecified atom stereocenters. The van der Waals surface area contributed by atoms with Crippen LogP contribution in [0, 0.1) is 11.3 Å². The Morgan fingerprint density at radius 3 is 2.33 bits per heavy atom. The van der Waals surface area contributed by atoms with Crippen LogP contribution in [0.2, 0.25) is 0 Å². The van der Waals surface area contributed by atoms with Crippen LogP contribution in [0.15, 0.2) is 34.4 Å². The number of benzene rings is 1. The molecule has 0 saturated heterocycles. The zero-order chi connectivity index (χ0) is 29.0. The van der Waals surface area contributed by atoms with E-state index in [1.807, 2.05) is 11.9 Å². The van der Waals surface area contributed by atoms with Crippen molar-refractivity contribution in [1.82, 2.24) is 14.9 Å². The van der Waals surface area contributed by atoms with E-state index in [9.17, 15) is 18.4 Å². The van der Waals surface area contributed by atoms with Gasteiger partial charge in [0.1, 0.15) is 5.69 Å². The van der Waals surface area contributed by atoms with Gasteiger partial charge < -0.3 is 21.2 Å². The molecule has 0 radical (unpaired) electrons. The Morgan fingerprint density at radius 1 is 1.21 bits per heavy atom. The molecule has 1 saturated carbocycles. The van der Waals surface area contributed by atoms with Gasteiger partial charge in [0.05, 0.1) is 12.2 Å². The number of halogens is 3. The van der Waals surface area contributed by atoms with Gasteiger partial charge in [-0.25, -0.2) is 15.0 Å². The molecule has 4 N–H and O–H groups in total. The minimum Gasteiger partial charge on any atom is -0.409 e. The largest absolute Gasteiger partial charge is 0.416 e. The normalized spacial score (nSPS) is 15.7. The number of nitrogens with one attached hydrogen (secondary N) is 1. The number of alkyl halides is 3. The van der Waals surface area contributed by atoms with E-state index in [0.717, 1.165) is 31.5 Å². The van der Waals surface area contributed by atoms with Crippen molar-refractivity contribution < 1.29 is 18.4 Å². The molecule has 0 amide bonds. The van der Waals surface area contributed by atoms with Crippen LogP contribution in [-0.2, 0) is 12.7 Å². The van der Waals surface area contributed by atoms with Gasteiger partial charge >= 0.3 is 6.18 Å². The van der Waals surface area contributed by atoms with Gasteiger partial charge in [0.25, 0.3) is 0 Å². The highest BCUT2D eigenvalue weighted by atomic mass is 19.4. The first kappa shape index (κ1) is 30.1. The lowest BCUT2D eigenvalue weighted by molar-refractivity contribution is -0.137. The number of hydrogen-bond acceptors (Lipinski definition) is 8. The smallest absolute Gasteiger partial charge is 0.409 e. The number of aromatic nitrogens is 2. The van der Waals surface area contributed by atoms with Crippen molar-refractivity contribution in [3.63, 3.8) is 0 Å². The molecule has 1 aromatic heterocycles. The van der Waals surface area contributed by atoms with E-state index >= 15 is 0 Å². The summed E-state index contributed by atoms with van der Waals surface area (Å²) in [5.41, 5.74) is 6.33. The van der Waals surface area contributed by atoms with Gasteiger partial charge in [0.15, 0.2) is 11.6 Å². The van der Waals surface area contributed by atoms with Gasteiger partial charge in [-0.1, -0.05) is 44.5 Å². The van der Waals surface area contributed by atoms with Gasteiger partial charge in [0, 0.05) is 19.1 Å². The summed E-state index contributed by atoms with van der Waals surface area (Å²) < 4.78 is 39.5. The third kappa shape index (κ3) is 8.04. The number of rotatable bonds is 11. The Labute approximate surface area is 228 Å². The van der Waals surface area contributed by atoms with Gasteiger partial charge in [-0.2, -0.15) is 13.2 Å². The number of hydrogen-bond donors (Lipinski definition) is 3. The molecule has 12 heteroatoms. The minimum atomic E-state index is -4.42. The number of nitrogens with zero attached hydrogens (tertiary/aromatic N) is 6. The second-order valence-electron chi connectivity index (χ2n) is 11.4. The van der Waals surface area contributed by atoms with Crippen LogP contribution >= 0.6 is 0 Å². The van der Waals surface area contributed by atoms with Crippen LogP contribution in [0.4, 0.5) is 30.5 Å². The molecule has 9 nitrogen and oxygen atoms in total. The summed E-state index contributed by atoms with van der Waals surface area (Å²) in [6, 6.07) is 5.17.